The average Bonchev–Trinajstić information content (AvgIpc) is 1.74. The number of aromatic nitrogens is 8. The van der Waals surface area contributed by atoms with Gasteiger partial charge in [0, 0.05) is 169 Å². The Morgan fingerprint density at radius 1 is 0.329 bits per heavy atom. The lowest BCUT2D eigenvalue weighted by molar-refractivity contribution is -0.128. The third kappa shape index (κ3) is 32.2. The summed E-state index contributed by atoms with van der Waals surface area (Å²) in [7, 11) is 16.1. The van der Waals surface area contributed by atoms with Crippen LogP contribution in [0.15, 0.2) is 131 Å². The van der Waals surface area contributed by atoms with Gasteiger partial charge in [0.2, 0.25) is 47.4 Å². The molecule has 0 unspecified atom stereocenters. The molecule has 8 amide bonds. The lowest BCUT2D eigenvalue weighted by atomic mass is 9.88. The van der Waals surface area contributed by atoms with Gasteiger partial charge < -0.3 is 81.7 Å². The predicted molar refractivity (Wildman–Crippen MR) is 596 cm³/mol. The highest BCUT2D eigenvalue weighted by atomic mass is 79.9. The van der Waals surface area contributed by atoms with E-state index in [1.807, 2.05) is 200 Å². The van der Waals surface area contributed by atoms with Crippen molar-refractivity contribution in [3.05, 3.63) is 186 Å². The number of likely N-dealkylation sites (tertiary alicyclic amines) is 4. The first-order valence-electron chi connectivity index (χ1n) is 54.4. The van der Waals surface area contributed by atoms with Crippen molar-refractivity contribution >= 4 is 137 Å². The Kier molecular flexibility index (Phi) is 41.6. The summed E-state index contributed by atoms with van der Waals surface area (Å²) in [5, 5.41) is 26.0. The van der Waals surface area contributed by atoms with Gasteiger partial charge in [0.1, 0.15) is 0 Å². The molecule has 149 heavy (non-hydrogen) atoms. The number of piperidine rings is 4. The molecule has 0 radical (unpaired) electrons. The van der Waals surface area contributed by atoms with Gasteiger partial charge in [-0.2, -0.15) is 0 Å². The molecule has 0 bridgehead atoms. The molecule has 4 aliphatic heterocycles. The Balaban J connectivity index is 0.000000157. The first-order chi connectivity index (χ1) is 71.5. The number of carbonyl (C=O) groups is 8. The Morgan fingerprint density at radius 2 is 0.570 bits per heavy atom. The van der Waals surface area contributed by atoms with Gasteiger partial charge >= 0.3 is 0 Å². The third-order valence-electron chi connectivity index (χ3n) is 31.9. The molecule has 32 nitrogen and oxygen atoms in total. The predicted octanol–water partition coefficient (Wildman–Crippen LogP) is 18.1. The highest BCUT2D eigenvalue weighted by molar-refractivity contribution is 9.10. The normalized spacial score (nSPS) is 21.2. The van der Waals surface area contributed by atoms with Crippen LogP contribution in [0.3, 0.4) is 0 Å². The molecule has 8 N–H and O–H groups in total. The molecule has 35 heteroatoms. The van der Waals surface area contributed by atoms with Crippen molar-refractivity contribution in [1.29, 1.82) is 0 Å². The van der Waals surface area contributed by atoms with Crippen molar-refractivity contribution in [2.45, 2.75) is 270 Å². The van der Waals surface area contributed by atoms with Gasteiger partial charge in [0.15, 0.2) is 0 Å². The first kappa shape index (κ1) is 114. The van der Waals surface area contributed by atoms with Gasteiger partial charge in [0.05, 0.1) is 37.2 Å². The highest BCUT2D eigenvalue weighted by Crippen LogP contribution is 2.42. The van der Waals surface area contributed by atoms with E-state index in [0.717, 1.165) is 273 Å². The third-order valence-corrected chi connectivity index (χ3v) is 33.5. The topological polar surface area (TPSA) is 362 Å². The summed E-state index contributed by atoms with van der Waals surface area (Å²) in [4.78, 5) is 156. The van der Waals surface area contributed by atoms with Crippen LogP contribution in [-0.2, 0) is 44.9 Å². The average molecular weight is 2190 g/mol. The minimum Gasteiger partial charge on any atom is -0.354 e. The minimum atomic E-state index is -0.0115. The maximum absolute atomic E-state index is 13.0. The van der Waals surface area contributed by atoms with Crippen molar-refractivity contribution in [1.82, 2.24) is 100 Å². The van der Waals surface area contributed by atoms with E-state index in [2.05, 4.69) is 147 Å². The Bertz CT molecular complexity index is 5370. The number of carbonyl (C=O) groups excluding carboxylic acids is 8. The zero-order chi connectivity index (χ0) is 106. The molecule has 8 heterocycles. The smallest absolute Gasteiger partial charge is 0.253 e. The van der Waals surface area contributed by atoms with E-state index in [4.69, 9.17) is 26.6 Å². The second-order valence-electron chi connectivity index (χ2n) is 44.0. The van der Waals surface area contributed by atoms with Crippen LogP contribution < -0.4 is 42.5 Å². The second-order valence-corrected chi connectivity index (χ2v) is 46.1. The van der Waals surface area contributed by atoms with Crippen molar-refractivity contribution in [3.63, 3.8) is 0 Å². The molecule has 804 valence electrons. The number of nitrogens with zero attached hydrogens (tertiary/aromatic N) is 16. The molecule has 5 aliphatic carbocycles. The zero-order valence-corrected chi connectivity index (χ0v) is 94.0. The number of halogens is 3. The van der Waals surface area contributed by atoms with Crippen LogP contribution in [0.2, 0.25) is 5.02 Å². The molecule has 9 fully saturated rings. The van der Waals surface area contributed by atoms with Crippen molar-refractivity contribution < 1.29 is 38.4 Å². The molecular formula is C114H159Br2ClN24O8. The fourth-order valence-corrected chi connectivity index (χ4v) is 23.3. The number of benzene rings is 4. The number of amides is 8. The second kappa shape index (κ2) is 54.5. The van der Waals surface area contributed by atoms with Crippen LogP contribution in [0.5, 0.6) is 0 Å². The molecule has 9 aliphatic rings. The molecule has 5 saturated carbocycles. The lowest BCUT2D eigenvalue weighted by Crippen LogP contribution is -2.44. The van der Waals surface area contributed by atoms with Crippen LogP contribution >= 0.6 is 43.5 Å². The summed E-state index contributed by atoms with van der Waals surface area (Å²) >= 11 is 13.7. The highest BCUT2D eigenvalue weighted by Gasteiger charge is 2.41. The van der Waals surface area contributed by atoms with Gasteiger partial charge in [-0.3, -0.25) is 38.4 Å². The van der Waals surface area contributed by atoms with E-state index < -0.39 is 0 Å². The van der Waals surface area contributed by atoms with Crippen LogP contribution in [0, 0.1) is 54.3 Å². The van der Waals surface area contributed by atoms with E-state index in [-0.39, 0.29) is 125 Å². The van der Waals surface area contributed by atoms with E-state index >= 15 is 0 Å². The Labute approximate surface area is 903 Å². The fraction of sp³-hybridized carbons (Fsp3) is 0.579. The van der Waals surface area contributed by atoms with E-state index in [0.29, 0.717) is 75.4 Å². The maximum Gasteiger partial charge on any atom is 0.253 e. The Morgan fingerprint density at radius 3 is 0.846 bits per heavy atom. The standard InChI is InChI=1S/C29H39BrN6O2.C29H42N6O2.C28H39BrN6O2.C28H39ClN6O2/c1-35-15-13-23(14-16-35)36(2)28(38)19-9-11-22(12-10-19)33-29-31-18-25(30)26(34-29)17-20-5-3-8-24(20)27(37)32-21-6-4-7-21;1-19(2)31-27(36)25-8-6-7-22(25)17-26-20(3)18-30-29(33-26)32-23-11-9-21(10-12-23)28(37)35(5)24-13-15-34(4)16-14-24;2*1-18(2)31-26(36)23-7-5-6-20(23)16-25-24(29)17-30-28(33-25)32-21-10-8-19(9-11-21)27(37)35(4)22-12-14-34(3)15-13-22/h9-12,18,20-21,23-24H,3-8,13-17H2,1-2H3,(H,32,37)(H,31,33,34);9-12,18-19,22,24-25H,6-8,13-17H2,1-5H3,(H,31,36)(H,30,32,33);2*8-11,17-18,20,22-23H,5-7,12-16H2,1-4H3,(H,31,36)(H,30,32,33)/t20-,24-;22-,25-;2*20-,23-/m0000/s1. The Hall–Kier alpha value is -10.8. The maximum atomic E-state index is 13.0. The van der Waals surface area contributed by atoms with E-state index in [1.54, 1.807) is 18.6 Å². The van der Waals surface area contributed by atoms with Gasteiger partial charge in [-0.25, -0.2) is 39.9 Å². The molecule has 8 aromatic rings. The van der Waals surface area contributed by atoms with E-state index in [1.165, 1.54) is 6.42 Å². The summed E-state index contributed by atoms with van der Waals surface area (Å²) in [6, 6.07) is 31.9. The number of aryl methyl sites for hydroxylation is 1. The van der Waals surface area contributed by atoms with Crippen LogP contribution in [-0.4, -0.2) is 283 Å². The number of hydrogen-bond donors (Lipinski definition) is 8. The molecular weight excluding hydrogens is 2030 g/mol. The number of nitrogens with one attached hydrogen (secondary N) is 8. The largest absolute Gasteiger partial charge is 0.354 e. The van der Waals surface area contributed by atoms with E-state index in [9.17, 15) is 38.4 Å². The molecule has 17 rings (SSSR count). The van der Waals surface area contributed by atoms with Crippen molar-refractivity contribution in [2.75, 3.05) is 130 Å². The summed E-state index contributed by atoms with van der Waals surface area (Å²) in [5.41, 5.74) is 10.6. The number of anilines is 8. The monoisotopic (exact) mass is 2190 g/mol. The summed E-state index contributed by atoms with van der Waals surface area (Å²) in [6.45, 7) is 22.2. The van der Waals surface area contributed by atoms with Crippen LogP contribution in [0.4, 0.5) is 46.5 Å². The van der Waals surface area contributed by atoms with Crippen LogP contribution in [0.25, 0.3) is 0 Å². The number of hydrogen-bond acceptors (Lipinski definition) is 24. The SMILES string of the molecule is CC(C)NC(=O)[C@H]1CCC[C@H]1Cc1nc(Nc2ccc(C(=O)N(C)C3CCN(C)CC3)cc2)ncc1Br.CC(C)NC(=O)[C@H]1CCC[C@H]1Cc1nc(Nc2ccc(C(=O)N(C)C3CCN(C)CC3)cc2)ncc1Cl.CN1CCC(N(C)C(=O)c2ccc(Nc3ncc(Br)c(C[C@@H]4CCC[C@@H]4C(=O)NC4CCC4)n3)cc2)CC1.Cc1cnc(Nc2ccc(C(=O)N(C)C3CCN(C)CC3)cc2)nc1C[C@@H]1CCC[C@@H]1C(=O)NC(C)C. The lowest BCUT2D eigenvalue weighted by Gasteiger charge is -2.35. The summed E-state index contributed by atoms with van der Waals surface area (Å²) in [6.07, 6.45) is 33.4. The molecule has 4 aromatic carbocycles. The summed E-state index contributed by atoms with van der Waals surface area (Å²) < 4.78 is 1.72. The minimum absolute atomic E-state index is 0.0115. The van der Waals surface area contributed by atoms with Crippen molar-refractivity contribution in [2.24, 2.45) is 47.3 Å². The quantitative estimate of drug-likeness (QED) is 0.0194. The number of rotatable bonds is 32. The fourth-order valence-electron chi connectivity index (χ4n) is 22.4. The molecule has 8 atom stereocenters. The van der Waals surface area contributed by atoms with Gasteiger partial charge in [-0.05, 0) is 435 Å². The van der Waals surface area contributed by atoms with Crippen molar-refractivity contribution in [3.8, 4) is 0 Å². The van der Waals surface area contributed by atoms with Gasteiger partial charge in [-0.1, -0.05) is 37.3 Å². The van der Waals surface area contributed by atoms with Crippen LogP contribution in [0.1, 0.15) is 259 Å². The summed E-state index contributed by atoms with van der Waals surface area (Å²) in [5.74, 6) is 4.05. The molecule has 4 saturated heterocycles. The van der Waals surface area contributed by atoms with Gasteiger partial charge in [-0.15, -0.1) is 0 Å². The first-order valence-corrected chi connectivity index (χ1v) is 56.4. The molecule has 4 aromatic heterocycles. The zero-order valence-electron chi connectivity index (χ0n) is 90.1. The molecule has 0 spiro atoms. The van der Waals surface area contributed by atoms with Gasteiger partial charge in [0.25, 0.3) is 23.6 Å².